The Hall–Kier alpha value is -1.16. The molecule has 3 nitrogen and oxygen atoms in total. The van der Waals surface area contributed by atoms with Gasteiger partial charge in [0.2, 0.25) is 0 Å². The molecular formula is C16H26N2O. The van der Waals surface area contributed by atoms with E-state index >= 15 is 0 Å². The number of hydrogen-bond acceptors (Lipinski definition) is 3. The summed E-state index contributed by atoms with van der Waals surface area (Å²) in [4.78, 5) is 2.34. The van der Waals surface area contributed by atoms with E-state index in [1.54, 1.807) is 7.11 Å². The van der Waals surface area contributed by atoms with Crippen molar-refractivity contribution in [1.82, 2.24) is 10.2 Å². The summed E-state index contributed by atoms with van der Waals surface area (Å²) in [5, 5.41) is 3.35. The molecule has 0 radical (unpaired) electrons. The van der Waals surface area contributed by atoms with Gasteiger partial charge in [0.15, 0.2) is 0 Å². The van der Waals surface area contributed by atoms with E-state index in [4.69, 9.17) is 4.74 Å². The van der Waals surface area contributed by atoms with Gasteiger partial charge in [0.05, 0.1) is 6.61 Å². The van der Waals surface area contributed by atoms with Crippen LogP contribution in [0.2, 0.25) is 0 Å². The lowest BCUT2D eigenvalue weighted by Crippen LogP contribution is -2.27. The van der Waals surface area contributed by atoms with E-state index in [1.807, 2.05) is 6.08 Å². The third kappa shape index (κ3) is 6.53. The number of benzene rings is 1. The largest absolute Gasteiger partial charge is 0.383 e. The van der Waals surface area contributed by atoms with Gasteiger partial charge in [-0.25, -0.2) is 0 Å². The second-order valence-corrected chi connectivity index (χ2v) is 4.62. The first-order valence-corrected chi connectivity index (χ1v) is 6.90. The summed E-state index contributed by atoms with van der Waals surface area (Å²) < 4.78 is 5.15. The van der Waals surface area contributed by atoms with Crippen molar-refractivity contribution in [1.29, 1.82) is 0 Å². The molecule has 0 amide bonds. The molecule has 0 bridgehead atoms. The van der Waals surface area contributed by atoms with E-state index in [0.717, 1.165) is 39.3 Å². The molecule has 0 spiro atoms. The van der Waals surface area contributed by atoms with Crippen LogP contribution in [0.1, 0.15) is 18.1 Å². The van der Waals surface area contributed by atoms with Crippen LogP contribution in [0.25, 0.3) is 0 Å². The van der Waals surface area contributed by atoms with Crippen LogP contribution < -0.4 is 5.32 Å². The van der Waals surface area contributed by atoms with E-state index < -0.39 is 0 Å². The molecule has 0 unspecified atom stereocenters. The predicted octanol–water partition coefficient (Wildman–Crippen LogP) is 2.43. The van der Waals surface area contributed by atoms with Crippen LogP contribution in [0, 0.1) is 0 Å². The highest BCUT2D eigenvalue weighted by atomic mass is 16.5. The minimum Gasteiger partial charge on any atom is -0.383 e. The summed E-state index contributed by atoms with van der Waals surface area (Å²) in [6.07, 6.45) is 1.94. The highest BCUT2D eigenvalue weighted by molar-refractivity contribution is 5.23. The zero-order valence-electron chi connectivity index (χ0n) is 12.2. The van der Waals surface area contributed by atoms with Crippen molar-refractivity contribution in [2.75, 3.05) is 33.4 Å². The molecule has 1 aromatic rings. The Kier molecular flexibility index (Phi) is 8.14. The molecule has 0 aliphatic rings. The highest BCUT2D eigenvalue weighted by Crippen LogP contribution is 2.08. The maximum absolute atomic E-state index is 5.15. The summed E-state index contributed by atoms with van der Waals surface area (Å²) in [6, 6.07) is 8.74. The van der Waals surface area contributed by atoms with E-state index in [0.29, 0.717) is 0 Å². The monoisotopic (exact) mass is 262 g/mol. The number of hydrogen-bond donors (Lipinski definition) is 1. The van der Waals surface area contributed by atoms with Gasteiger partial charge in [0.1, 0.15) is 0 Å². The van der Waals surface area contributed by atoms with Gasteiger partial charge >= 0.3 is 0 Å². The summed E-state index contributed by atoms with van der Waals surface area (Å²) in [5.41, 5.74) is 2.68. The summed E-state index contributed by atoms with van der Waals surface area (Å²) in [7, 11) is 1.74. The molecule has 0 aromatic heterocycles. The standard InChI is InChI=1S/C16H26N2O/c1-4-9-18(10-11-19-3)14-16-8-6-7-15(12-16)13-17-5-2/h4,6-8,12,17H,1,5,9-11,13-14H2,2-3H3. The molecule has 0 aliphatic heterocycles. The molecule has 0 saturated heterocycles. The minimum atomic E-state index is 0.755. The van der Waals surface area contributed by atoms with Crippen LogP contribution in [0.5, 0.6) is 0 Å². The van der Waals surface area contributed by atoms with Gasteiger partial charge in [-0.05, 0) is 17.7 Å². The fourth-order valence-electron chi connectivity index (χ4n) is 2.00. The van der Waals surface area contributed by atoms with Crippen molar-refractivity contribution in [2.24, 2.45) is 0 Å². The fraction of sp³-hybridized carbons (Fsp3) is 0.500. The zero-order valence-corrected chi connectivity index (χ0v) is 12.2. The van der Waals surface area contributed by atoms with Crippen molar-refractivity contribution in [2.45, 2.75) is 20.0 Å². The van der Waals surface area contributed by atoms with Crippen molar-refractivity contribution >= 4 is 0 Å². The maximum atomic E-state index is 5.15. The fourth-order valence-corrected chi connectivity index (χ4v) is 2.00. The van der Waals surface area contributed by atoms with Gasteiger partial charge in [-0.3, -0.25) is 4.90 Å². The molecule has 1 aromatic carbocycles. The van der Waals surface area contributed by atoms with Crippen molar-refractivity contribution in [3.8, 4) is 0 Å². The molecule has 0 aliphatic carbocycles. The van der Waals surface area contributed by atoms with Crippen molar-refractivity contribution in [3.63, 3.8) is 0 Å². The molecule has 3 heteroatoms. The Morgan fingerprint density at radius 1 is 1.37 bits per heavy atom. The van der Waals surface area contributed by atoms with Crippen LogP contribution in [-0.4, -0.2) is 38.3 Å². The molecule has 0 atom stereocenters. The summed E-state index contributed by atoms with van der Waals surface area (Å²) in [6.45, 7) is 11.4. The lowest BCUT2D eigenvalue weighted by Gasteiger charge is -2.20. The molecular weight excluding hydrogens is 236 g/mol. The van der Waals surface area contributed by atoms with E-state index in [-0.39, 0.29) is 0 Å². The Morgan fingerprint density at radius 2 is 2.16 bits per heavy atom. The zero-order chi connectivity index (χ0) is 13.9. The number of ether oxygens (including phenoxy) is 1. The molecule has 0 heterocycles. The van der Waals surface area contributed by atoms with Gasteiger partial charge in [0.25, 0.3) is 0 Å². The Labute approximate surface area is 117 Å². The second kappa shape index (κ2) is 9.73. The lowest BCUT2D eigenvalue weighted by molar-refractivity contribution is 0.151. The average molecular weight is 262 g/mol. The maximum Gasteiger partial charge on any atom is 0.0589 e. The SMILES string of the molecule is C=CCN(CCOC)Cc1cccc(CNCC)c1. The molecule has 19 heavy (non-hydrogen) atoms. The third-order valence-electron chi connectivity index (χ3n) is 2.98. The van der Waals surface area contributed by atoms with Crippen molar-refractivity contribution < 1.29 is 4.74 Å². The predicted molar refractivity (Wildman–Crippen MR) is 81.2 cm³/mol. The molecule has 1 rings (SSSR count). The Morgan fingerprint density at radius 3 is 2.84 bits per heavy atom. The first-order valence-electron chi connectivity index (χ1n) is 6.90. The quantitative estimate of drug-likeness (QED) is 0.655. The smallest absolute Gasteiger partial charge is 0.0589 e. The number of nitrogens with zero attached hydrogens (tertiary/aromatic N) is 1. The van der Waals surface area contributed by atoms with Gasteiger partial charge in [-0.15, -0.1) is 6.58 Å². The van der Waals surface area contributed by atoms with E-state index in [1.165, 1.54) is 11.1 Å². The topological polar surface area (TPSA) is 24.5 Å². The highest BCUT2D eigenvalue weighted by Gasteiger charge is 2.04. The van der Waals surface area contributed by atoms with Crippen LogP contribution in [0.4, 0.5) is 0 Å². The summed E-state index contributed by atoms with van der Waals surface area (Å²) in [5.74, 6) is 0. The van der Waals surface area contributed by atoms with Crippen molar-refractivity contribution in [3.05, 3.63) is 48.0 Å². The normalized spacial score (nSPS) is 10.9. The first kappa shape index (κ1) is 15.9. The van der Waals surface area contributed by atoms with Gasteiger partial charge in [-0.1, -0.05) is 37.3 Å². The van der Waals surface area contributed by atoms with Gasteiger partial charge in [-0.2, -0.15) is 0 Å². The molecule has 106 valence electrons. The third-order valence-corrected chi connectivity index (χ3v) is 2.98. The Balaban J connectivity index is 2.58. The molecule has 0 saturated carbocycles. The molecule has 1 N–H and O–H groups in total. The average Bonchev–Trinajstić information content (AvgIpc) is 2.43. The van der Waals surface area contributed by atoms with Crippen LogP contribution in [-0.2, 0) is 17.8 Å². The van der Waals surface area contributed by atoms with Crippen LogP contribution >= 0.6 is 0 Å². The van der Waals surface area contributed by atoms with Gasteiger partial charge in [0, 0.05) is 33.3 Å². The van der Waals surface area contributed by atoms with Crippen LogP contribution in [0.15, 0.2) is 36.9 Å². The first-order chi connectivity index (χ1) is 9.30. The number of methoxy groups -OCH3 is 1. The number of rotatable bonds is 10. The van der Waals surface area contributed by atoms with E-state index in [9.17, 15) is 0 Å². The lowest BCUT2D eigenvalue weighted by atomic mass is 10.1. The Bertz CT molecular complexity index is 366. The molecule has 0 fully saturated rings. The van der Waals surface area contributed by atoms with E-state index in [2.05, 4.69) is 48.0 Å². The van der Waals surface area contributed by atoms with Crippen LogP contribution in [0.3, 0.4) is 0 Å². The second-order valence-electron chi connectivity index (χ2n) is 4.62. The van der Waals surface area contributed by atoms with Gasteiger partial charge < -0.3 is 10.1 Å². The number of nitrogens with one attached hydrogen (secondary N) is 1. The minimum absolute atomic E-state index is 0.755. The summed E-state index contributed by atoms with van der Waals surface area (Å²) >= 11 is 0.